The minimum Gasteiger partial charge on any atom is -0.396 e. The van der Waals surface area contributed by atoms with E-state index in [1.54, 1.807) is 0 Å². The lowest BCUT2D eigenvalue weighted by atomic mass is 10.1. The van der Waals surface area contributed by atoms with Crippen molar-refractivity contribution in [2.45, 2.75) is 32.6 Å². The monoisotopic (exact) mass is 185 g/mol. The summed E-state index contributed by atoms with van der Waals surface area (Å²) >= 11 is 0. The fourth-order valence-electron chi connectivity index (χ4n) is 1.75. The summed E-state index contributed by atoms with van der Waals surface area (Å²) in [7, 11) is 0. The zero-order chi connectivity index (χ0) is 9.68. The van der Waals surface area contributed by atoms with E-state index in [0.29, 0.717) is 6.42 Å². The number of carbonyl (C=O) groups excluding carboxylic acids is 1. The van der Waals surface area contributed by atoms with Crippen LogP contribution in [0.4, 0.5) is 0 Å². The van der Waals surface area contributed by atoms with Crippen LogP contribution in [0.1, 0.15) is 32.6 Å². The summed E-state index contributed by atoms with van der Waals surface area (Å²) in [4.78, 5) is 13.2. The molecule has 0 aromatic heterocycles. The van der Waals surface area contributed by atoms with Gasteiger partial charge in [-0.3, -0.25) is 4.79 Å². The van der Waals surface area contributed by atoms with Gasteiger partial charge in [-0.15, -0.1) is 0 Å². The van der Waals surface area contributed by atoms with Gasteiger partial charge in [0.1, 0.15) is 0 Å². The van der Waals surface area contributed by atoms with E-state index in [9.17, 15) is 4.79 Å². The predicted molar refractivity (Wildman–Crippen MR) is 51.3 cm³/mol. The lowest BCUT2D eigenvalue weighted by Gasteiger charge is -2.15. The van der Waals surface area contributed by atoms with E-state index in [-0.39, 0.29) is 18.4 Å². The van der Waals surface area contributed by atoms with E-state index in [2.05, 4.69) is 6.92 Å². The van der Waals surface area contributed by atoms with Crippen molar-refractivity contribution < 1.29 is 9.90 Å². The standard InChI is InChI=1S/C10H19NO2/c1-2-3-4-5-11-7-9(8-12)6-10(11)13/h9,12H,2-8H2,1H3. The summed E-state index contributed by atoms with van der Waals surface area (Å²) in [5.41, 5.74) is 0. The maximum absolute atomic E-state index is 11.4. The minimum absolute atomic E-state index is 0.149. The Hall–Kier alpha value is -0.570. The first-order chi connectivity index (χ1) is 6.27. The Bertz CT molecular complexity index is 170. The molecular formula is C10H19NO2. The number of unbranched alkanes of at least 4 members (excludes halogenated alkanes) is 2. The lowest BCUT2D eigenvalue weighted by molar-refractivity contribution is -0.127. The summed E-state index contributed by atoms with van der Waals surface area (Å²) in [6.45, 7) is 3.95. The molecule has 1 amide bonds. The number of amides is 1. The largest absolute Gasteiger partial charge is 0.396 e. The molecule has 1 fully saturated rings. The smallest absolute Gasteiger partial charge is 0.223 e. The molecular weight excluding hydrogens is 166 g/mol. The molecule has 0 radical (unpaired) electrons. The Labute approximate surface area is 79.7 Å². The molecule has 3 nitrogen and oxygen atoms in total. The van der Waals surface area contributed by atoms with Crippen molar-refractivity contribution in [3.8, 4) is 0 Å². The van der Waals surface area contributed by atoms with Gasteiger partial charge in [-0.25, -0.2) is 0 Å². The van der Waals surface area contributed by atoms with Gasteiger partial charge in [0.25, 0.3) is 0 Å². The van der Waals surface area contributed by atoms with E-state index < -0.39 is 0 Å². The maximum Gasteiger partial charge on any atom is 0.223 e. The fraction of sp³-hybridized carbons (Fsp3) is 0.900. The minimum atomic E-state index is 0.149. The van der Waals surface area contributed by atoms with Crippen molar-refractivity contribution in [3.63, 3.8) is 0 Å². The molecule has 0 spiro atoms. The van der Waals surface area contributed by atoms with Gasteiger partial charge in [-0.2, -0.15) is 0 Å². The first kappa shape index (κ1) is 10.5. The average Bonchev–Trinajstić information content (AvgIpc) is 2.48. The SMILES string of the molecule is CCCCCN1CC(CO)CC1=O. The third kappa shape index (κ3) is 2.99. The summed E-state index contributed by atoms with van der Waals surface area (Å²) in [6.07, 6.45) is 4.02. The number of likely N-dealkylation sites (tertiary alicyclic amines) is 1. The van der Waals surface area contributed by atoms with Gasteiger partial charge in [-0.1, -0.05) is 19.8 Å². The summed E-state index contributed by atoms with van der Waals surface area (Å²) in [5, 5.41) is 8.89. The number of aliphatic hydroxyl groups excluding tert-OH is 1. The maximum atomic E-state index is 11.4. The molecule has 1 unspecified atom stereocenters. The second-order valence-electron chi connectivity index (χ2n) is 3.80. The molecule has 1 N–H and O–H groups in total. The van der Waals surface area contributed by atoms with Crippen molar-refractivity contribution in [1.29, 1.82) is 0 Å². The van der Waals surface area contributed by atoms with E-state index in [1.807, 2.05) is 4.90 Å². The number of hydrogen-bond donors (Lipinski definition) is 1. The van der Waals surface area contributed by atoms with Crippen LogP contribution in [0.3, 0.4) is 0 Å². The number of rotatable bonds is 5. The quantitative estimate of drug-likeness (QED) is 0.650. The van der Waals surface area contributed by atoms with Gasteiger partial charge in [0.15, 0.2) is 0 Å². The Morgan fingerprint density at radius 2 is 2.31 bits per heavy atom. The Morgan fingerprint density at radius 1 is 1.54 bits per heavy atom. The van der Waals surface area contributed by atoms with Crippen LogP contribution in [0, 0.1) is 5.92 Å². The predicted octanol–water partition coefficient (Wildman–Crippen LogP) is 1.02. The Kier molecular flexibility index (Phi) is 4.22. The molecule has 0 aromatic rings. The van der Waals surface area contributed by atoms with Crippen molar-refractivity contribution in [2.75, 3.05) is 19.7 Å². The summed E-state index contributed by atoms with van der Waals surface area (Å²) in [6, 6.07) is 0. The highest BCUT2D eigenvalue weighted by atomic mass is 16.3. The number of carbonyl (C=O) groups is 1. The summed E-state index contributed by atoms with van der Waals surface area (Å²) in [5.74, 6) is 0.407. The topological polar surface area (TPSA) is 40.5 Å². The van der Waals surface area contributed by atoms with Crippen LogP contribution >= 0.6 is 0 Å². The van der Waals surface area contributed by atoms with Gasteiger partial charge in [0.2, 0.25) is 5.91 Å². The average molecular weight is 185 g/mol. The first-order valence-electron chi connectivity index (χ1n) is 5.16. The third-order valence-corrected chi connectivity index (χ3v) is 2.58. The normalized spacial score (nSPS) is 22.8. The number of hydrogen-bond acceptors (Lipinski definition) is 2. The van der Waals surface area contributed by atoms with Crippen molar-refractivity contribution in [2.24, 2.45) is 5.92 Å². The van der Waals surface area contributed by atoms with Crippen LogP contribution in [0.2, 0.25) is 0 Å². The Balaban J connectivity index is 2.23. The molecule has 0 saturated carbocycles. The molecule has 76 valence electrons. The highest BCUT2D eigenvalue weighted by Crippen LogP contribution is 2.17. The van der Waals surface area contributed by atoms with E-state index in [4.69, 9.17) is 5.11 Å². The highest BCUT2D eigenvalue weighted by Gasteiger charge is 2.27. The van der Waals surface area contributed by atoms with Crippen LogP contribution in [-0.2, 0) is 4.79 Å². The summed E-state index contributed by atoms with van der Waals surface area (Å²) < 4.78 is 0. The van der Waals surface area contributed by atoms with Gasteiger partial charge in [0, 0.05) is 32.0 Å². The van der Waals surface area contributed by atoms with E-state index in [0.717, 1.165) is 19.5 Å². The van der Waals surface area contributed by atoms with Crippen molar-refractivity contribution in [1.82, 2.24) is 4.90 Å². The van der Waals surface area contributed by atoms with Gasteiger partial charge in [-0.05, 0) is 6.42 Å². The second kappa shape index (κ2) is 5.22. The zero-order valence-corrected chi connectivity index (χ0v) is 8.33. The van der Waals surface area contributed by atoms with E-state index in [1.165, 1.54) is 12.8 Å². The van der Waals surface area contributed by atoms with Gasteiger partial charge in [0.05, 0.1) is 0 Å². The van der Waals surface area contributed by atoms with Crippen LogP contribution < -0.4 is 0 Å². The molecule has 0 bridgehead atoms. The molecule has 3 heteroatoms. The molecule has 1 rings (SSSR count). The van der Waals surface area contributed by atoms with Crippen LogP contribution in [0.15, 0.2) is 0 Å². The van der Waals surface area contributed by atoms with E-state index >= 15 is 0 Å². The third-order valence-electron chi connectivity index (χ3n) is 2.58. The molecule has 1 atom stereocenters. The zero-order valence-electron chi connectivity index (χ0n) is 8.33. The molecule has 1 saturated heterocycles. The Morgan fingerprint density at radius 3 is 2.85 bits per heavy atom. The van der Waals surface area contributed by atoms with Crippen LogP contribution in [-0.4, -0.2) is 35.6 Å². The lowest BCUT2D eigenvalue weighted by Crippen LogP contribution is -2.26. The molecule has 13 heavy (non-hydrogen) atoms. The number of aliphatic hydroxyl groups is 1. The van der Waals surface area contributed by atoms with Crippen molar-refractivity contribution >= 4 is 5.91 Å². The van der Waals surface area contributed by atoms with Crippen molar-refractivity contribution in [3.05, 3.63) is 0 Å². The molecule has 1 aliphatic heterocycles. The molecule has 1 heterocycles. The molecule has 0 aromatic carbocycles. The second-order valence-corrected chi connectivity index (χ2v) is 3.80. The fourth-order valence-corrected chi connectivity index (χ4v) is 1.75. The highest BCUT2D eigenvalue weighted by molar-refractivity contribution is 5.78. The van der Waals surface area contributed by atoms with Gasteiger partial charge >= 0.3 is 0 Å². The number of nitrogens with zero attached hydrogens (tertiary/aromatic N) is 1. The van der Waals surface area contributed by atoms with Crippen LogP contribution in [0.5, 0.6) is 0 Å². The first-order valence-corrected chi connectivity index (χ1v) is 5.16. The molecule has 1 aliphatic rings. The molecule has 0 aliphatic carbocycles. The van der Waals surface area contributed by atoms with Crippen LogP contribution in [0.25, 0.3) is 0 Å². The van der Waals surface area contributed by atoms with Gasteiger partial charge < -0.3 is 10.0 Å².